The van der Waals surface area contributed by atoms with E-state index in [0.717, 1.165) is 48.9 Å². The van der Waals surface area contributed by atoms with E-state index in [0.29, 0.717) is 12.4 Å². The van der Waals surface area contributed by atoms with Crippen molar-refractivity contribution < 1.29 is 19.4 Å². The SMILES string of the molecule is COc1nc(C(C)(C)C)ccc1CN[C@H]1[C@H](C(C)(C)C)[C@@H](C(=O)O)N(C(=O)C2CCCCC2)[C@H]1c1ccccc1. The Morgan fingerprint density at radius 2 is 1.65 bits per heavy atom. The first kappa shape index (κ1) is 30.0. The minimum atomic E-state index is -0.942. The summed E-state index contributed by atoms with van der Waals surface area (Å²) < 4.78 is 5.69. The van der Waals surface area contributed by atoms with Crippen LogP contribution in [-0.4, -0.2) is 46.1 Å². The van der Waals surface area contributed by atoms with Gasteiger partial charge in [0.1, 0.15) is 6.04 Å². The van der Waals surface area contributed by atoms with Gasteiger partial charge in [0.25, 0.3) is 0 Å². The molecule has 1 saturated carbocycles. The van der Waals surface area contributed by atoms with Gasteiger partial charge in [-0.3, -0.25) is 4.79 Å². The maximum Gasteiger partial charge on any atom is 0.326 e. The van der Waals surface area contributed by atoms with Crippen molar-refractivity contribution in [1.82, 2.24) is 15.2 Å². The van der Waals surface area contributed by atoms with Crippen molar-refractivity contribution in [2.45, 2.75) is 104 Å². The Morgan fingerprint density at radius 1 is 1.00 bits per heavy atom. The third kappa shape index (κ3) is 6.19. The fourth-order valence-electron chi connectivity index (χ4n) is 6.71. The second kappa shape index (κ2) is 11.9. The van der Waals surface area contributed by atoms with E-state index in [1.165, 1.54) is 0 Å². The summed E-state index contributed by atoms with van der Waals surface area (Å²) in [6.45, 7) is 13.0. The fraction of sp³-hybridized carbons (Fsp3) is 0.606. The number of nitrogens with zero attached hydrogens (tertiary/aromatic N) is 2. The topological polar surface area (TPSA) is 91.8 Å². The smallest absolute Gasteiger partial charge is 0.326 e. The average Bonchev–Trinajstić information content (AvgIpc) is 3.28. The molecule has 1 aliphatic heterocycles. The molecule has 1 aromatic carbocycles. The molecule has 1 amide bonds. The van der Waals surface area contributed by atoms with Crippen molar-refractivity contribution in [1.29, 1.82) is 0 Å². The molecule has 2 N–H and O–H groups in total. The highest BCUT2D eigenvalue weighted by molar-refractivity contribution is 5.87. The third-order valence-electron chi connectivity index (χ3n) is 8.70. The molecule has 1 saturated heterocycles. The zero-order valence-corrected chi connectivity index (χ0v) is 25.2. The Labute approximate surface area is 239 Å². The third-order valence-corrected chi connectivity index (χ3v) is 8.70. The van der Waals surface area contributed by atoms with E-state index < -0.39 is 18.1 Å². The highest BCUT2D eigenvalue weighted by Gasteiger charge is 2.58. The molecule has 7 heteroatoms. The van der Waals surface area contributed by atoms with E-state index in [-0.39, 0.29) is 34.6 Å². The number of hydrogen-bond donors (Lipinski definition) is 2. The normalized spacial score (nSPS) is 24.2. The van der Waals surface area contributed by atoms with Gasteiger partial charge >= 0.3 is 5.97 Å². The molecule has 2 aromatic rings. The van der Waals surface area contributed by atoms with Crippen LogP contribution in [0.5, 0.6) is 5.88 Å². The molecule has 0 spiro atoms. The highest BCUT2D eigenvalue weighted by atomic mass is 16.5. The minimum absolute atomic E-state index is 0.0201. The number of carbonyl (C=O) groups excluding carboxylic acids is 1. The van der Waals surface area contributed by atoms with E-state index in [1.54, 1.807) is 12.0 Å². The maximum atomic E-state index is 14.2. The lowest BCUT2D eigenvalue weighted by atomic mass is 9.72. The van der Waals surface area contributed by atoms with Crippen LogP contribution in [0.15, 0.2) is 42.5 Å². The van der Waals surface area contributed by atoms with E-state index in [2.05, 4.69) is 46.9 Å². The Hall–Kier alpha value is -2.93. The summed E-state index contributed by atoms with van der Waals surface area (Å²) in [6.07, 6.45) is 4.81. The molecule has 218 valence electrons. The van der Waals surface area contributed by atoms with Crippen molar-refractivity contribution in [3.63, 3.8) is 0 Å². The summed E-state index contributed by atoms with van der Waals surface area (Å²) in [7, 11) is 1.63. The molecular weight excluding hydrogens is 502 g/mol. The highest BCUT2D eigenvalue weighted by Crippen LogP contribution is 2.49. The van der Waals surface area contributed by atoms with Crippen LogP contribution in [0.25, 0.3) is 0 Å². The summed E-state index contributed by atoms with van der Waals surface area (Å²) in [5.41, 5.74) is 2.30. The number of ether oxygens (including phenoxy) is 1. The van der Waals surface area contributed by atoms with Gasteiger partial charge in [-0.2, -0.15) is 0 Å². The van der Waals surface area contributed by atoms with Crippen LogP contribution >= 0.6 is 0 Å². The summed E-state index contributed by atoms with van der Waals surface area (Å²) >= 11 is 0. The maximum absolute atomic E-state index is 14.2. The molecule has 1 aliphatic carbocycles. The fourth-order valence-corrected chi connectivity index (χ4v) is 6.71. The molecule has 0 unspecified atom stereocenters. The van der Waals surface area contributed by atoms with Gasteiger partial charge in [-0.05, 0) is 29.9 Å². The van der Waals surface area contributed by atoms with Crippen LogP contribution < -0.4 is 10.1 Å². The molecule has 2 fully saturated rings. The molecule has 0 radical (unpaired) electrons. The zero-order valence-electron chi connectivity index (χ0n) is 25.2. The van der Waals surface area contributed by atoms with Crippen LogP contribution in [0.4, 0.5) is 0 Å². The summed E-state index contributed by atoms with van der Waals surface area (Å²) in [5, 5.41) is 14.4. The molecule has 1 aromatic heterocycles. The number of benzene rings is 1. The van der Waals surface area contributed by atoms with Gasteiger partial charge < -0.3 is 20.1 Å². The van der Waals surface area contributed by atoms with Crippen LogP contribution in [0.2, 0.25) is 0 Å². The van der Waals surface area contributed by atoms with E-state index >= 15 is 0 Å². The summed E-state index contributed by atoms with van der Waals surface area (Å²) in [6, 6.07) is 12.4. The number of carboxylic acids is 1. The van der Waals surface area contributed by atoms with Crippen molar-refractivity contribution >= 4 is 11.9 Å². The number of hydrogen-bond acceptors (Lipinski definition) is 5. The Kier molecular flexibility index (Phi) is 8.93. The number of carboxylic acid groups (broad SMARTS) is 1. The predicted octanol–water partition coefficient (Wildman–Crippen LogP) is 6.13. The first-order valence-corrected chi connectivity index (χ1v) is 14.7. The average molecular weight is 550 g/mol. The number of methoxy groups -OCH3 is 1. The summed E-state index contributed by atoms with van der Waals surface area (Å²) in [4.78, 5) is 33.8. The van der Waals surface area contributed by atoms with Gasteiger partial charge in [-0.15, -0.1) is 0 Å². The number of rotatable bonds is 7. The number of carbonyl (C=O) groups is 2. The minimum Gasteiger partial charge on any atom is -0.481 e. The largest absolute Gasteiger partial charge is 0.481 e. The zero-order chi connectivity index (χ0) is 29.2. The van der Waals surface area contributed by atoms with Crippen molar-refractivity contribution in [3.8, 4) is 5.88 Å². The molecule has 2 aliphatic rings. The number of aromatic nitrogens is 1. The van der Waals surface area contributed by atoms with Gasteiger partial charge in [0.2, 0.25) is 11.8 Å². The Morgan fingerprint density at radius 3 is 2.20 bits per heavy atom. The Bertz CT molecular complexity index is 1180. The quantitative estimate of drug-likeness (QED) is 0.432. The van der Waals surface area contributed by atoms with Gasteiger partial charge in [-0.1, -0.05) is 97.2 Å². The van der Waals surface area contributed by atoms with Crippen LogP contribution in [0.3, 0.4) is 0 Å². The molecule has 4 rings (SSSR count). The molecular formula is C33H47N3O4. The second-order valence-electron chi connectivity index (χ2n) is 13.6. The van der Waals surface area contributed by atoms with Crippen molar-refractivity contribution in [2.24, 2.45) is 17.3 Å². The van der Waals surface area contributed by atoms with Crippen LogP contribution in [0, 0.1) is 17.3 Å². The van der Waals surface area contributed by atoms with E-state index in [1.807, 2.05) is 42.5 Å². The van der Waals surface area contributed by atoms with E-state index in [4.69, 9.17) is 9.72 Å². The number of aliphatic carboxylic acids is 1. The Balaban J connectivity index is 1.78. The standard InChI is InChI=1S/C33H47N3O4/c1-32(2,3)24-19-18-23(29(35-24)40-7)20-34-26-25(33(4,5)6)28(31(38)39)36(27(26)21-14-10-8-11-15-21)30(37)22-16-12-9-13-17-22/h8,10-11,14-15,18-19,22,25-28,34H,9,12-13,16-17,20H2,1-7H3,(H,38,39)/t25-,26-,27-,28-/m0/s1. The lowest BCUT2D eigenvalue weighted by Crippen LogP contribution is -2.49. The first-order valence-electron chi connectivity index (χ1n) is 14.7. The first-order chi connectivity index (χ1) is 18.8. The van der Waals surface area contributed by atoms with Gasteiger partial charge in [-0.25, -0.2) is 9.78 Å². The van der Waals surface area contributed by atoms with Crippen LogP contribution in [-0.2, 0) is 21.5 Å². The molecule has 40 heavy (non-hydrogen) atoms. The number of likely N-dealkylation sites (tertiary alicyclic amines) is 1. The van der Waals surface area contributed by atoms with Gasteiger partial charge in [0, 0.05) is 41.1 Å². The number of amides is 1. The van der Waals surface area contributed by atoms with Gasteiger partial charge in [0.15, 0.2) is 0 Å². The molecule has 4 atom stereocenters. The van der Waals surface area contributed by atoms with Crippen LogP contribution in [0.1, 0.15) is 96.5 Å². The van der Waals surface area contributed by atoms with Crippen molar-refractivity contribution in [3.05, 3.63) is 59.3 Å². The molecule has 0 bridgehead atoms. The van der Waals surface area contributed by atoms with Crippen molar-refractivity contribution in [2.75, 3.05) is 7.11 Å². The van der Waals surface area contributed by atoms with Gasteiger partial charge in [0.05, 0.1) is 13.2 Å². The number of nitrogens with one attached hydrogen (secondary N) is 1. The molecule has 7 nitrogen and oxygen atoms in total. The monoisotopic (exact) mass is 549 g/mol. The van der Waals surface area contributed by atoms with E-state index in [9.17, 15) is 14.7 Å². The predicted molar refractivity (Wildman–Crippen MR) is 157 cm³/mol. The molecule has 2 heterocycles. The lowest BCUT2D eigenvalue weighted by molar-refractivity contribution is -0.154. The number of pyridine rings is 1. The summed E-state index contributed by atoms with van der Waals surface area (Å²) in [5.74, 6) is -0.853. The lowest BCUT2D eigenvalue weighted by Gasteiger charge is -2.36. The second-order valence-corrected chi connectivity index (χ2v) is 13.6.